The van der Waals surface area contributed by atoms with Crippen LogP contribution in [0.3, 0.4) is 0 Å². The zero-order valence-electron chi connectivity index (χ0n) is 11.8. The summed E-state index contributed by atoms with van der Waals surface area (Å²) in [5, 5.41) is 13.1. The summed E-state index contributed by atoms with van der Waals surface area (Å²) in [7, 11) is 1.49. The van der Waals surface area contributed by atoms with Gasteiger partial charge in [-0.1, -0.05) is 30.3 Å². The molecule has 1 amide bonds. The molecule has 0 saturated carbocycles. The summed E-state index contributed by atoms with van der Waals surface area (Å²) in [5.74, 6) is -0.258. The largest absolute Gasteiger partial charge is 0.385 e. The van der Waals surface area contributed by atoms with Gasteiger partial charge in [-0.05, 0) is 12.5 Å². The second kappa shape index (κ2) is 6.35. The molecule has 1 aromatic carbocycles. The lowest BCUT2D eigenvalue weighted by molar-refractivity contribution is -0.133. The summed E-state index contributed by atoms with van der Waals surface area (Å²) in [6, 6.07) is 9.27. The molecule has 5 nitrogen and oxygen atoms in total. The van der Waals surface area contributed by atoms with Crippen LogP contribution in [0.4, 0.5) is 0 Å². The Labute approximate surface area is 118 Å². The number of hydrogen-bond acceptors (Lipinski definition) is 4. The fourth-order valence-corrected chi connectivity index (χ4v) is 2.36. The van der Waals surface area contributed by atoms with Crippen LogP contribution >= 0.6 is 0 Å². The fourth-order valence-electron chi connectivity index (χ4n) is 2.36. The van der Waals surface area contributed by atoms with Gasteiger partial charge in [-0.3, -0.25) is 4.79 Å². The van der Waals surface area contributed by atoms with Crippen molar-refractivity contribution in [3.63, 3.8) is 0 Å². The van der Waals surface area contributed by atoms with Crippen molar-refractivity contribution < 1.29 is 19.4 Å². The van der Waals surface area contributed by atoms with Gasteiger partial charge < -0.3 is 19.9 Å². The normalized spacial score (nSPS) is 27.2. The lowest BCUT2D eigenvalue weighted by atomic mass is 9.96. The first-order valence-corrected chi connectivity index (χ1v) is 6.76. The van der Waals surface area contributed by atoms with Crippen molar-refractivity contribution in [1.82, 2.24) is 5.32 Å². The first kappa shape index (κ1) is 15.0. The minimum atomic E-state index is -0.995. The standard InChI is InChI=1S/C15H21NO4/c1-11-15(18,8-9-20-11)10-16-14(17)13(19-2)12-6-4-3-5-7-12/h3-7,11,13,18H,8-10H2,1-2H3,(H,16,17). The van der Waals surface area contributed by atoms with Crippen molar-refractivity contribution in [3.05, 3.63) is 35.9 Å². The molecule has 2 N–H and O–H groups in total. The molecule has 1 aromatic rings. The molecule has 0 bridgehead atoms. The van der Waals surface area contributed by atoms with E-state index in [-0.39, 0.29) is 18.6 Å². The van der Waals surface area contributed by atoms with Crippen molar-refractivity contribution in [3.8, 4) is 0 Å². The van der Waals surface area contributed by atoms with Gasteiger partial charge in [-0.25, -0.2) is 0 Å². The molecule has 5 heteroatoms. The summed E-state index contributed by atoms with van der Waals surface area (Å²) in [5.41, 5.74) is -0.208. The lowest BCUT2D eigenvalue weighted by Gasteiger charge is -2.27. The Morgan fingerprint density at radius 1 is 1.55 bits per heavy atom. The van der Waals surface area contributed by atoms with Crippen LogP contribution in [0.1, 0.15) is 25.0 Å². The van der Waals surface area contributed by atoms with Gasteiger partial charge in [0.25, 0.3) is 5.91 Å². The van der Waals surface area contributed by atoms with Gasteiger partial charge in [0.2, 0.25) is 0 Å². The van der Waals surface area contributed by atoms with Crippen LogP contribution in [0.5, 0.6) is 0 Å². The minimum absolute atomic E-state index is 0.166. The molecule has 1 aliphatic heterocycles. The highest BCUT2D eigenvalue weighted by Gasteiger charge is 2.40. The number of carbonyl (C=O) groups excluding carboxylic acids is 1. The van der Waals surface area contributed by atoms with Crippen molar-refractivity contribution >= 4 is 5.91 Å². The molecule has 3 atom stereocenters. The highest BCUT2D eigenvalue weighted by molar-refractivity contribution is 5.82. The Balaban J connectivity index is 1.97. The van der Waals surface area contributed by atoms with E-state index in [0.29, 0.717) is 13.0 Å². The maximum atomic E-state index is 12.2. The third-order valence-corrected chi connectivity index (χ3v) is 3.80. The van der Waals surface area contributed by atoms with E-state index in [9.17, 15) is 9.90 Å². The Morgan fingerprint density at radius 3 is 2.80 bits per heavy atom. The van der Waals surface area contributed by atoms with Gasteiger partial charge in [0.05, 0.1) is 6.10 Å². The molecule has 1 saturated heterocycles. The van der Waals surface area contributed by atoms with E-state index in [1.54, 1.807) is 0 Å². The number of ether oxygens (including phenoxy) is 2. The number of rotatable bonds is 5. The molecule has 110 valence electrons. The molecule has 20 heavy (non-hydrogen) atoms. The van der Waals surface area contributed by atoms with Crippen LogP contribution < -0.4 is 5.32 Å². The second-order valence-corrected chi connectivity index (χ2v) is 5.11. The molecular formula is C15H21NO4. The molecule has 0 radical (unpaired) electrons. The Kier molecular flexibility index (Phi) is 4.75. The van der Waals surface area contributed by atoms with Gasteiger partial charge in [0.15, 0.2) is 6.10 Å². The summed E-state index contributed by atoms with van der Waals surface area (Å²) < 4.78 is 10.6. The average Bonchev–Trinajstić information content (AvgIpc) is 2.79. The van der Waals surface area contributed by atoms with E-state index in [2.05, 4.69) is 5.32 Å². The fraction of sp³-hybridized carbons (Fsp3) is 0.533. The maximum Gasteiger partial charge on any atom is 0.253 e. The number of hydrogen-bond donors (Lipinski definition) is 2. The number of carbonyl (C=O) groups is 1. The molecule has 0 aliphatic carbocycles. The van der Waals surface area contributed by atoms with Crippen LogP contribution in [0.2, 0.25) is 0 Å². The van der Waals surface area contributed by atoms with E-state index >= 15 is 0 Å². The quantitative estimate of drug-likeness (QED) is 0.845. The summed E-state index contributed by atoms with van der Waals surface area (Å²) in [4.78, 5) is 12.2. The Morgan fingerprint density at radius 2 is 2.25 bits per heavy atom. The molecule has 1 aliphatic rings. The van der Waals surface area contributed by atoms with Crippen LogP contribution in [-0.2, 0) is 14.3 Å². The van der Waals surface area contributed by atoms with Crippen LogP contribution in [0.25, 0.3) is 0 Å². The Hall–Kier alpha value is -1.43. The zero-order chi connectivity index (χ0) is 14.6. The average molecular weight is 279 g/mol. The molecule has 1 fully saturated rings. The van der Waals surface area contributed by atoms with Crippen LogP contribution in [-0.4, -0.2) is 43.0 Å². The van der Waals surface area contributed by atoms with E-state index < -0.39 is 11.7 Å². The third kappa shape index (κ3) is 3.17. The number of benzene rings is 1. The SMILES string of the molecule is COC(C(=O)NCC1(O)CCOC1C)c1ccccc1. The predicted molar refractivity (Wildman–Crippen MR) is 74.2 cm³/mol. The van der Waals surface area contributed by atoms with Gasteiger partial charge >= 0.3 is 0 Å². The maximum absolute atomic E-state index is 12.2. The summed E-state index contributed by atoms with van der Waals surface area (Å²) >= 11 is 0. The topological polar surface area (TPSA) is 67.8 Å². The molecule has 0 spiro atoms. The van der Waals surface area contributed by atoms with E-state index in [0.717, 1.165) is 5.56 Å². The highest BCUT2D eigenvalue weighted by atomic mass is 16.5. The molecule has 3 unspecified atom stereocenters. The van der Waals surface area contributed by atoms with Gasteiger partial charge in [-0.2, -0.15) is 0 Å². The molecular weight excluding hydrogens is 258 g/mol. The lowest BCUT2D eigenvalue weighted by Crippen LogP contribution is -2.48. The number of aliphatic hydroxyl groups is 1. The van der Waals surface area contributed by atoms with Crippen molar-refractivity contribution in [2.24, 2.45) is 0 Å². The van der Waals surface area contributed by atoms with E-state index in [1.807, 2.05) is 37.3 Å². The Bertz CT molecular complexity index is 450. The number of amides is 1. The smallest absolute Gasteiger partial charge is 0.253 e. The first-order chi connectivity index (χ1) is 9.57. The molecule has 0 aromatic heterocycles. The van der Waals surface area contributed by atoms with Gasteiger partial charge in [0, 0.05) is 26.7 Å². The van der Waals surface area contributed by atoms with Gasteiger partial charge in [0.1, 0.15) is 5.60 Å². The monoisotopic (exact) mass is 279 g/mol. The summed E-state index contributed by atoms with van der Waals surface area (Å²) in [6.45, 7) is 2.49. The predicted octanol–water partition coefficient (Wildman–Crippen LogP) is 1.03. The van der Waals surface area contributed by atoms with E-state index in [4.69, 9.17) is 9.47 Å². The minimum Gasteiger partial charge on any atom is -0.385 e. The third-order valence-electron chi connectivity index (χ3n) is 3.80. The highest BCUT2D eigenvalue weighted by Crippen LogP contribution is 2.25. The van der Waals surface area contributed by atoms with Crippen molar-refractivity contribution in [2.75, 3.05) is 20.3 Å². The summed E-state index contributed by atoms with van der Waals surface area (Å²) in [6.07, 6.45) is -0.421. The number of nitrogens with one attached hydrogen (secondary N) is 1. The molecule has 1 heterocycles. The van der Waals surface area contributed by atoms with Crippen LogP contribution in [0, 0.1) is 0 Å². The van der Waals surface area contributed by atoms with Crippen molar-refractivity contribution in [2.45, 2.75) is 31.2 Å². The van der Waals surface area contributed by atoms with Crippen molar-refractivity contribution in [1.29, 1.82) is 0 Å². The molecule has 2 rings (SSSR count). The van der Waals surface area contributed by atoms with E-state index in [1.165, 1.54) is 7.11 Å². The zero-order valence-corrected chi connectivity index (χ0v) is 11.8. The first-order valence-electron chi connectivity index (χ1n) is 6.76. The number of methoxy groups -OCH3 is 1. The van der Waals surface area contributed by atoms with Crippen LogP contribution in [0.15, 0.2) is 30.3 Å². The van der Waals surface area contributed by atoms with Gasteiger partial charge in [-0.15, -0.1) is 0 Å². The second-order valence-electron chi connectivity index (χ2n) is 5.11.